The van der Waals surface area contributed by atoms with Crippen LogP contribution >= 0.6 is 15.9 Å². The van der Waals surface area contributed by atoms with Gasteiger partial charge < -0.3 is 24.6 Å². The van der Waals surface area contributed by atoms with Gasteiger partial charge in [-0.15, -0.1) is 0 Å². The molecule has 27 heavy (non-hydrogen) atoms. The van der Waals surface area contributed by atoms with Crippen LogP contribution in [0.4, 0.5) is 5.82 Å². The van der Waals surface area contributed by atoms with E-state index in [2.05, 4.69) is 47.1 Å². The van der Waals surface area contributed by atoms with Crippen molar-refractivity contribution in [3.63, 3.8) is 0 Å². The van der Waals surface area contributed by atoms with Gasteiger partial charge in [0.05, 0.1) is 4.47 Å². The van der Waals surface area contributed by atoms with Crippen molar-refractivity contribution in [1.82, 2.24) is 15.2 Å². The number of nitrogens with one attached hydrogen (secondary N) is 1. The summed E-state index contributed by atoms with van der Waals surface area (Å²) < 4.78 is 11.8. The number of hydrogen-bond acceptors (Lipinski definition) is 5. The molecule has 0 bridgehead atoms. The minimum absolute atomic E-state index is 0.271. The average Bonchev–Trinajstić information content (AvgIpc) is 3.19. The van der Waals surface area contributed by atoms with E-state index < -0.39 is 0 Å². The summed E-state index contributed by atoms with van der Waals surface area (Å²) in [5.74, 6) is 3.49. The summed E-state index contributed by atoms with van der Waals surface area (Å²) in [6, 6.07) is 10.1. The number of aromatic nitrogens is 1. The van der Waals surface area contributed by atoms with E-state index in [9.17, 15) is 0 Å². The van der Waals surface area contributed by atoms with Gasteiger partial charge in [-0.2, -0.15) is 0 Å². The molecule has 2 aromatic rings. The topological polar surface area (TPSA) is 62.2 Å². The molecule has 3 heterocycles. The highest BCUT2D eigenvalue weighted by molar-refractivity contribution is 9.10. The van der Waals surface area contributed by atoms with E-state index in [1.165, 1.54) is 0 Å². The fourth-order valence-corrected chi connectivity index (χ4v) is 3.93. The molecule has 0 saturated carbocycles. The van der Waals surface area contributed by atoms with Gasteiger partial charge in [0, 0.05) is 46.0 Å². The summed E-state index contributed by atoms with van der Waals surface area (Å²) in [5.41, 5.74) is 1.11. The third kappa shape index (κ3) is 3.95. The maximum Gasteiger partial charge on any atom is 0.231 e. The monoisotopic (exact) mass is 431 g/mol. The minimum Gasteiger partial charge on any atom is -0.454 e. The lowest BCUT2D eigenvalue weighted by molar-refractivity contribution is 0.173. The van der Waals surface area contributed by atoms with Crippen molar-refractivity contribution in [2.45, 2.75) is 6.54 Å². The number of halogens is 1. The molecule has 1 N–H and O–H groups in total. The van der Waals surface area contributed by atoms with Crippen LogP contribution in [0.25, 0.3) is 0 Å². The van der Waals surface area contributed by atoms with Crippen molar-refractivity contribution in [3.8, 4) is 11.5 Å². The van der Waals surface area contributed by atoms with E-state index in [4.69, 9.17) is 9.47 Å². The van der Waals surface area contributed by atoms with Crippen molar-refractivity contribution >= 4 is 27.7 Å². The Labute approximate surface area is 167 Å². The number of anilines is 1. The van der Waals surface area contributed by atoms with Crippen LogP contribution in [0.5, 0.6) is 11.5 Å². The highest BCUT2D eigenvalue weighted by atomic mass is 79.9. The molecular weight excluding hydrogens is 410 g/mol. The molecule has 0 unspecified atom stereocenters. The van der Waals surface area contributed by atoms with Gasteiger partial charge in [-0.1, -0.05) is 6.07 Å². The Kier molecular flexibility index (Phi) is 5.33. The molecule has 1 saturated heterocycles. The summed E-state index contributed by atoms with van der Waals surface area (Å²) in [5, 5.41) is 3.45. The van der Waals surface area contributed by atoms with E-state index in [-0.39, 0.29) is 6.79 Å². The number of nitrogens with zero attached hydrogens (tertiary/aromatic N) is 4. The van der Waals surface area contributed by atoms with Gasteiger partial charge in [-0.25, -0.2) is 4.98 Å². The van der Waals surface area contributed by atoms with Gasteiger partial charge in [0.2, 0.25) is 6.79 Å². The zero-order chi connectivity index (χ0) is 18.6. The molecule has 2 aliphatic rings. The van der Waals surface area contributed by atoms with Crippen LogP contribution < -0.4 is 19.7 Å². The average molecular weight is 432 g/mol. The minimum atomic E-state index is 0.271. The summed E-state index contributed by atoms with van der Waals surface area (Å²) >= 11 is 3.54. The number of rotatable bonds is 3. The number of fused-ring (bicyclic) bond motifs is 1. The zero-order valence-corrected chi connectivity index (χ0v) is 16.8. The second-order valence-corrected chi connectivity index (χ2v) is 7.23. The van der Waals surface area contributed by atoms with E-state index in [1.54, 1.807) is 0 Å². The van der Waals surface area contributed by atoms with Gasteiger partial charge in [-0.05, 0) is 45.8 Å². The first-order chi connectivity index (χ1) is 13.2. The first-order valence-corrected chi connectivity index (χ1v) is 9.73. The summed E-state index contributed by atoms with van der Waals surface area (Å²) in [6.07, 6.45) is 1.84. The number of piperazine rings is 1. The van der Waals surface area contributed by atoms with Crippen LogP contribution in [-0.4, -0.2) is 55.9 Å². The molecule has 8 heteroatoms. The second kappa shape index (κ2) is 8.04. The normalized spacial score (nSPS) is 16.6. The Morgan fingerprint density at radius 1 is 1.22 bits per heavy atom. The fraction of sp³-hybridized carbons (Fsp3) is 0.368. The lowest BCUT2D eigenvalue weighted by Crippen LogP contribution is -2.52. The number of aliphatic imine (C=N–C) groups is 1. The molecule has 0 atom stereocenters. The molecule has 0 amide bonds. The highest BCUT2D eigenvalue weighted by Crippen LogP contribution is 2.39. The molecule has 0 spiro atoms. The lowest BCUT2D eigenvalue weighted by Gasteiger charge is -2.37. The van der Waals surface area contributed by atoms with Crippen molar-refractivity contribution in [1.29, 1.82) is 0 Å². The largest absolute Gasteiger partial charge is 0.454 e. The standard InChI is InChI=1S/C19H22BrN5O2/c1-21-19(23-12-14-10-15(20)18-16(11-14)26-13-27-18)25-8-6-24(7-9-25)17-4-2-3-5-22-17/h2-5,10-11H,6-9,12-13H2,1H3,(H,21,23). The zero-order valence-electron chi connectivity index (χ0n) is 15.2. The van der Waals surface area contributed by atoms with Crippen LogP contribution in [0.15, 0.2) is 46.0 Å². The van der Waals surface area contributed by atoms with Crippen molar-refractivity contribution < 1.29 is 9.47 Å². The predicted molar refractivity (Wildman–Crippen MR) is 108 cm³/mol. The van der Waals surface area contributed by atoms with E-state index in [1.807, 2.05) is 37.5 Å². The maximum absolute atomic E-state index is 5.49. The van der Waals surface area contributed by atoms with E-state index >= 15 is 0 Å². The Bertz CT molecular complexity index is 822. The van der Waals surface area contributed by atoms with Gasteiger partial charge in [0.15, 0.2) is 17.5 Å². The van der Waals surface area contributed by atoms with Crippen molar-refractivity contribution in [2.24, 2.45) is 4.99 Å². The lowest BCUT2D eigenvalue weighted by atomic mass is 10.2. The highest BCUT2D eigenvalue weighted by Gasteiger charge is 2.21. The Morgan fingerprint density at radius 2 is 2.07 bits per heavy atom. The number of hydrogen-bond donors (Lipinski definition) is 1. The molecular formula is C19H22BrN5O2. The van der Waals surface area contributed by atoms with Crippen LogP contribution in [0.1, 0.15) is 5.56 Å². The smallest absolute Gasteiger partial charge is 0.231 e. The number of guanidine groups is 1. The molecule has 2 aliphatic heterocycles. The number of pyridine rings is 1. The molecule has 0 radical (unpaired) electrons. The van der Waals surface area contributed by atoms with Gasteiger partial charge in [0.25, 0.3) is 0 Å². The van der Waals surface area contributed by atoms with Crippen molar-refractivity contribution in [3.05, 3.63) is 46.6 Å². The summed E-state index contributed by atoms with van der Waals surface area (Å²) in [4.78, 5) is 13.5. The van der Waals surface area contributed by atoms with Gasteiger partial charge in [-0.3, -0.25) is 4.99 Å². The third-order valence-electron chi connectivity index (χ3n) is 4.70. The molecule has 0 aliphatic carbocycles. The first-order valence-electron chi connectivity index (χ1n) is 8.94. The van der Waals surface area contributed by atoms with Crippen LogP contribution in [-0.2, 0) is 6.54 Å². The van der Waals surface area contributed by atoms with Crippen LogP contribution in [0, 0.1) is 0 Å². The summed E-state index contributed by atoms with van der Waals surface area (Å²) in [7, 11) is 1.82. The predicted octanol–water partition coefficient (Wildman–Crippen LogP) is 2.47. The first kappa shape index (κ1) is 17.9. The van der Waals surface area contributed by atoms with Crippen molar-refractivity contribution in [2.75, 3.05) is 44.9 Å². The molecule has 7 nitrogen and oxygen atoms in total. The quantitative estimate of drug-likeness (QED) is 0.594. The summed E-state index contributed by atoms with van der Waals surface area (Å²) in [6.45, 7) is 4.60. The third-order valence-corrected chi connectivity index (χ3v) is 5.29. The van der Waals surface area contributed by atoms with E-state index in [0.29, 0.717) is 6.54 Å². The SMILES string of the molecule is CN=C(NCc1cc(Br)c2c(c1)OCO2)N1CCN(c2ccccn2)CC1. The Morgan fingerprint density at radius 3 is 2.81 bits per heavy atom. The van der Waals surface area contributed by atoms with Gasteiger partial charge >= 0.3 is 0 Å². The van der Waals surface area contributed by atoms with Gasteiger partial charge in [0.1, 0.15) is 5.82 Å². The fourth-order valence-electron chi connectivity index (χ4n) is 3.32. The van der Waals surface area contributed by atoms with E-state index in [0.717, 1.165) is 59.5 Å². The molecule has 1 aromatic carbocycles. The van der Waals surface area contributed by atoms with Crippen LogP contribution in [0.3, 0.4) is 0 Å². The molecule has 4 rings (SSSR count). The second-order valence-electron chi connectivity index (χ2n) is 6.37. The van der Waals surface area contributed by atoms with Crippen LogP contribution in [0.2, 0.25) is 0 Å². The number of benzene rings is 1. The molecule has 142 valence electrons. The Hall–Kier alpha value is -2.48. The number of ether oxygens (including phenoxy) is 2. The maximum atomic E-state index is 5.49. The molecule has 1 fully saturated rings. The Balaban J connectivity index is 1.35. The molecule has 1 aromatic heterocycles.